The molecule has 1 aliphatic rings. The molecule has 1 saturated heterocycles. The van der Waals surface area contributed by atoms with Gasteiger partial charge in [0.05, 0.1) is 24.7 Å². The van der Waals surface area contributed by atoms with Crippen LogP contribution in [0.3, 0.4) is 0 Å². The van der Waals surface area contributed by atoms with E-state index < -0.39 is 10.0 Å². The van der Waals surface area contributed by atoms with Crippen LogP contribution in [-0.4, -0.2) is 52.6 Å². The second kappa shape index (κ2) is 12.1. The molecule has 196 valence electrons. The van der Waals surface area contributed by atoms with Gasteiger partial charge in [0.15, 0.2) is 0 Å². The topological polar surface area (TPSA) is 97.0 Å². The lowest BCUT2D eigenvalue weighted by atomic mass is 10.0. The molecule has 8 nitrogen and oxygen atoms in total. The molecule has 9 heteroatoms. The molecule has 0 aromatic heterocycles. The van der Waals surface area contributed by atoms with Crippen molar-refractivity contribution in [2.24, 2.45) is 0 Å². The first-order chi connectivity index (χ1) is 17.9. The predicted molar refractivity (Wildman–Crippen MR) is 144 cm³/mol. The smallest absolute Gasteiger partial charge is 0.261 e. The van der Waals surface area contributed by atoms with Crippen molar-refractivity contribution in [2.75, 3.05) is 38.1 Å². The maximum absolute atomic E-state index is 12.9. The van der Waals surface area contributed by atoms with Crippen LogP contribution in [0.25, 0.3) is 0 Å². The number of carbonyl (C=O) groups excluding carboxylic acids is 1. The number of nitrogens with zero attached hydrogens (tertiary/aromatic N) is 1. The normalized spacial score (nSPS) is 14.6. The van der Waals surface area contributed by atoms with E-state index in [1.54, 1.807) is 31.4 Å². The average molecular weight is 524 g/mol. The Morgan fingerprint density at radius 2 is 1.54 bits per heavy atom. The number of anilines is 1. The molecule has 0 unspecified atom stereocenters. The predicted octanol–water partition coefficient (Wildman–Crippen LogP) is 4.46. The van der Waals surface area contributed by atoms with E-state index in [1.165, 1.54) is 24.3 Å². The van der Waals surface area contributed by atoms with Crippen LogP contribution in [-0.2, 0) is 10.0 Å². The van der Waals surface area contributed by atoms with E-state index >= 15 is 0 Å². The lowest BCUT2D eigenvalue weighted by Gasteiger charge is -2.28. The molecule has 0 aliphatic carbocycles. The van der Waals surface area contributed by atoms with Crippen molar-refractivity contribution < 1.29 is 22.7 Å². The van der Waals surface area contributed by atoms with Crippen LogP contribution in [0, 0.1) is 0 Å². The van der Waals surface area contributed by atoms with Gasteiger partial charge in [0.2, 0.25) is 0 Å². The van der Waals surface area contributed by atoms with Crippen molar-refractivity contribution in [2.45, 2.75) is 30.7 Å². The number of ether oxygens (including phenoxy) is 2. The number of rotatable bonds is 11. The van der Waals surface area contributed by atoms with E-state index in [1.807, 2.05) is 31.2 Å². The summed E-state index contributed by atoms with van der Waals surface area (Å²) in [7, 11) is -2.16. The number of nitrogens with one attached hydrogen (secondary N) is 2. The molecular weight excluding hydrogens is 490 g/mol. The highest BCUT2D eigenvalue weighted by Crippen LogP contribution is 2.26. The number of amides is 1. The van der Waals surface area contributed by atoms with Gasteiger partial charge in [0, 0.05) is 17.8 Å². The lowest BCUT2D eigenvalue weighted by Crippen LogP contribution is -2.36. The van der Waals surface area contributed by atoms with Crippen molar-refractivity contribution in [3.05, 3.63) is 83.9 Å². The summed E-state index contributed by atoms with van der Waals surface area (Å²) in [6.07, 6.45) is 2.28. The van der Waals surface area contributed by atoms with Crippen LogP contribution in [0.5, 0.6) is 11.5 Å². The van der Waals surface area contributed by atoms with Gasteiger partial charge < -0.3 is 14.8 Å². The fourth-order valence-corrected chi connectivity index (χ4v) is 5.47. The van der Waals surface area contributed by atoms with Crippen LogP contribution < -0.4 is 19.5 Å². The quantitative estimate of drug-likeness (QED) is 0.385. The molecule has 3 aromatic rings. The molecule has 3 aromatic carbocycles. The lowest BCUT2D eigenvalue weighted by molar-refractivity contribution is 0.0937. The number of carbonyl (C=O) groups is 1. The highest BCUT2D eigenvalue weighted by Gasteiger charge is 2.24. The molecule has 0 bridgehead atoms. The number of sulfonamides is 1. The van der Waals surface area contributed by atoms with Crippen molar-refractivity contribution in [3.63, 3.8) is 0 Å². The Morgan fingerprint density at radius 1 is 0.919 bits per heavy atom. The van der Waals surface area contributed by atoms with Gasteiger partial charge in [0.1, 0.15) is 11.5 Å². The first-order valence-corrected chi connectivity index (χ1v) is 13.9. The van der Waals surface area contributed by atoms with Gasteiger partial charge >= 0.3 is 0 Å². The fraction of sp³-hybridized carbons (Fsp3) is 0.321. The number of likely N-dealkylation sites (tertiary alicyclic amines) is 1. The molecule has 0 saturated carbocycles. The van der Waals surface area contributed by atoms with Gasteiger partial charge in [-0.3, -0.25) is 14.4 Å². The monoisotopic (exact) mass is 523 g/mol. The minimum absolute atomic E-state index is 0.0512. The number of benzene rings is 3. The molecule has 4 rings (SSSR count). The van der Waals surface area contributed by atoms with Crippen LogP contribution in [0.4, 0.5) is 5.69 Å². The summed E-state index contributed by atoms with van der Waals surface area (Å²) in [4.78, 5) is 15.4. The first kappa shape index (κ1) is 26.5. The zero-order valence-corrected chi connectivity index (χ0v) is 22.0. The Bertz CT molecular complexity index is 1270. The summed E-state index contributed by atoms with van der Waals surface area (Å²) in [5.41, 5.74) is 1.94. The van der Waals surface area contributed by atoms with Gasteiger partial charge in [-0.1, -0.05) is 12.1 Å². The Labute approximate surface area is 218 Å². The van der Waals surface area contributed by atoms with Crippen molar-refractivity contribution in [1.82, 2.24) is 10.2 Å². The highest BCUT2D eigenvalue weighted by molar-refractivity contribution is 7.92. The van der Waals surface area contributed by atoms with E-state index in [0.717, 1.165) is 37.2 Å². The molecule has 37 heavy (non-hydrogen) atoms. The van der Waals surface area contributed by atoms with Crippen LogP contribution >= 0.6 is 0 Å². The van der Waals surface area contributed by atoms with Crippen LogP contribution in [0.1, 0.15) is 41.7 Å². The summed E-state index contributed by atoms with van der Waals surface area (Å²) in [6, 6.07) is 20.6. The first-order valence-electron chi connectivity index (χ1n) is 12.4. The number of hydrogen-bond donors (Lipinski definition) is 2. The summed E-state index contributed by atoms with van der Waals surface area (Å²) in [5.74, 6) is 1.21. The highest BCUT2D eigenvalue weighted by atomic mass is 32.2. The largest absolute Gasteiger partial charge is 0.497 e. The zero-order valence-electron chi connectivity index (χ0n) is 21.1. The molecule has 1 atom stereocenters. The average Bonchev–Trinajstić information content (AvgIpc) is 3.45. The minimum atomic E-state index is -3.80. The summed E-state index contributed by atoms with van der Waals surface area (Å²) in [6.45, 7) is 4.84. The summed E-state index contributed by atoms with van der Waals surface area (Å²) >= 11 is 0. The Kier molecular flexibility index (Phi) is 8.68. The van der Waals surface area contributed by atoms with E-state index in [9.17, 15) is 13.2 Å². The maximum Gasteiger partial charge on any atom is 0.261 e. The molecule has 0 spiro atoms. The van der Waals surface area contributed by atoms with E-state index in [-0.39, 0.29) is 16.8 Å². The molecule has 1 amide bonds. The Hall–Kier alpha value is -3.56. The van der Waals surface area contributed by atoms with Gasteiger partial charge in [-0.05, 0) is 99.1 Å². The second-order valence-corrected chi connectivity index (χ2v) is 10.5. The molecule has 1 fully saturated rings. The summed E-state index contributed by atoms with van der Waals surface area (Å²) in [5, 5.41) is 3.03. The van der Waals surface area contributed by atoms with Crippen LogP contribution in [0.15, 0.2) is 77.7 Å². The molecular formula is C28H33N3O5S. The van der Waals surface area contributed by atoms with E-state index in [2.05, 4.69) is 14.9 Å². The molecule has 1 aliphatic heterocycles. The molecule has 0 radical (unpaired) electrons. The van der Waals surface area contributed by atoms with Gasteiger partial charge in [-0.25, -0.2) is 8.42 Å². The van der Waals surface area contributed by atoms with E-state index in [0.29, 0.717) is 30.2 Å². The Morgan fingerprint density at radius 3 is 2.14 bits per heavy atom. The van der Waals surface area contributed by atoms with E-state index in [4.69, 9.17) is 9.47 Å². The van der Waals surface area contributed by atoms with Gasteiger partial charge in [-0.15, -0.1) is 0 Å². The maximum atomic E-state index is 12.9. The standard InChI is InChI=1S/C28H33N3O5S/c1-3-36-25-14-10-23(11-15-25)30-37(33,34)26-16-8-22(9-17-26)28(32)29-20-27(31-18-4-5-19-31)21-6-12-24(35-2)13-7-21/h6-17,27,30H,3-5,18-20H2,1-2H3,(H,29,32)/t27-/m1/s1. The third-order valence-electron chi connectivity index (χ3n) is 6.38. The number of methoxy groups -OCH3 is 1. The van der Waals surface area contributed by atoms with Crippen molar-refractivity contribution >= 4 is 21.6 Å². The van der Waals surface area contributed by atoms with Crippen molar-refractivity contribution in [1.29, 1.82) is 0 Å². The zero-order chi connectivity index (χ0) is 26.3. The third-order valence-corrected chi connectivity index (χ3v) is 7.78. The van der Waals surface area contributed by atoms with Crippen molar-refractivity contribution in [3.8, 4) is 11.5 Å². The van der Waals surface area contributed by atoms with Gasteiger partial charge in [0.25, 0.3) is 15.9 Å². The van der Waals surface area contributed by atoms with Gasteiger partial charge in [-0.2, -0.15) is 0 Å². The minimum Gasteiger partial charge on any atom is -0.497 e. The summed E-state index contributed by atoms with van der Waals surface area (Å²) < 4.78 is 38.8. The molecule has 2 N–H and O–H groups in total. The van der Waals surface area contributed by atoms with Crippen LogP contribution in [0.2, 0.25) is 0 Å². The third kappa shape index (κ3) is 6.81. The Balaban J connectivity index is 1.40. The SMILES string of the molecule is CCOc1ccc(NS(=O)(=O)c2ccc(C(=O)NC[C@H](c3ccc(OC)cc3)N3CCCC3)cc2)cc1. The molecule has 1 heterocycles. The number of hydrogen-bond acceptors (Lipinski definition) is 6. The fourth-order valence-electron chi connectivity index (χ4n) is 4.41. The second-order valence-electron chi connectivity index (χ2n) is 8.83.